The number of hydrogen-bond acceptors (Lipinski definition) is 1. The van der Waals surface area contributed by atoms with Crippen LogP contribution in [0.1, 0.15) is 41.6 Å². The minimum absolute atomic E-state index is 0.273. The number of benzene rings is 1. The van der Waals surface area contributed by atoms with Crippen molar-refractivity contribution in [1.29, 1.82) is 0 Å². The normalized spacial score (nSPS) is 16.1. The highest BCUT2D eigenvalue weighted by Crippen LogP contribution is 2.15. The topological polar surface area (TPSA) is 17.1 Å². The lowest BCUT2D eigenvalue weighted by atomic mass is 9.96. The molecule has 15 heavy (non-hydrogen) atoms. The Bertz CT molecular complexity index is 420. The molecular formula is C14H14O. The van der Waals surface area contributed by atoms with Crippen LogP contribution in [0.3, 0.4) is 0 Å². The van der Waals surface area contributed by atoms with Gasteiger partial charge in [-0.15, -0.1) is 11.8 Å². The number of ketones is 1. The molecule has 76 valence electrons. The fraction of sp³-hybridized carbons (Fsp3) is 0.357. The Balaban J connectivity index is 2.31. The van der Waals surface area contributed by atoms with Crippen LogP contribution in [0.5, 0.6) is 0 Å². The lowest BCUT2D eigenvalue weighted by molar-refractivity contribution is 0.0979. The molecule has 0 heterocycles. The zero-order valence-electron chi connectivity index (χ0n) is 8.75. The standard InChI is InChI=1S/C14H14O/c15-14-11-5-3-1-2-4-8-12-9-6-7-10-13(12)14/h6-7,9-10H,3-5,8,11H2. The maximum atomic E-state index is 11.9. The Kier molecular flexibility index (Phi) is 3.19. The van der Waals surface area contributed by atoms with E-state index >= 15 is 0 Å². The summed E-state index contributed by atoms with van der Waals surface area (Å²) in [5.74, 6) is 6.53. The molecule has 0 radical (unpaired) electrons. The highest BCUT2D eigenvalue weighted by atomic mass is 16.1. The van der Waals surface area contributed by atoms with Gasteiger partial charge in [-0.2, -0.15) is 0 Å². The summed E-state index contributed by atoms with van der Waals surface area (Å²) >= 11 is 0. The number of rotatable bonds is 0. The Hall–Kier alpha value is -1.55. The van der Waals surface area contributed by atoms with Crippen LogP contribution in [0.4, 0.5) is 0 Å². The van der Waals surface area contributed by atoms with E-state index in [0.717, 1.165) is 36.8 Å². The number of hydrogen-bond donors (Lipinski definition) is 0. The van der Waals surface area contributed by atoms with Crippen molar-refractivity contribution in [2.24, 2.45) is 0 Å². The molecule has 1 nitrogen and oxygen atoms in total. The van der Waals surface area contributed by atoms with Crippen molar-refractivity contribution >= 4 is 5.78 Å². The molecule has 1 aliphatic rings. The molecule has 1 aliphatic carbocycles. The Morgan fingerprint density at radius 3 is 2.73 bits per heavy atom. The van der Waals surface area contributed by atoms with Crippen molar-refractivity contribution in [2.45, 2.75) is 32.1 Å². The summed E-state index contributed by atoms with van der Waals surface area (Å²) in [6, 6.07) is 7.91. The fourth-order valence-corrected chi connectivity index (χ4v) is 1.86. The summed E-state index contributed by atoms with van der Waals surface area (Å²) < 4.78 is 0. The van der Waals surface area contributed by atoms with Gasteiger partial charge in [0.1, 0.15) is 0 Å². The third-order valence-electron chi connectivity index (χ3n) is 2.67. The molecule has 0 unspecified atom stereocenters. The highest BCUT2D eigenvalue weighted by Gasteiger charge is 2.10. The molecule has 0 aliphatic heterocycles. The van der Waals surface area contributed by atoms with Crippen molar-refractivity contribution in [3.05, 3.63) is 35.4 Å². The van der Waals surface area contributed by atoms with Gasteiger partial charge in [-0.05, 0) is 18.4 Å². The molecule has 1 aromatic rings. The van der Waals surface area contributed by atoms with Gasteiger partial charge >= 0.3 is 0 Å². The zero-order chi connectivity index (χ0) is 10.5. The maximum Gasteiger partial charge on any atom is 0.163 e. The second-order valence-corrected chi connectivity index (χ2v) is 3.79. The van der Waals surface area contributed by atoms with Crippen LogP contribution in [0.15, 0.2) is 24.3 Å². The van der Waals surface area contributed by atoms with Gasteiger partial charge in [0.2, 0.25) is 0 Å². The van der Waals surface area contributed by atoms with Gasteiger partial charge in [0, 0.05) is 24.8 Å². The third-order valence-corrected chi connectivity index (χ3v) is 2.67. The van der Waals surface area contributed by atoms with E-state index < -0.39 is 0 Å². The number of Topliss-reactive ketones (excluding diaryl/α,β-unsaturated/α-hetero) is 1. The van der Waals surface area contributed by atoms with Crippen molar-refractivity contribution in [3.63, 3.8) is 0 Å². The Morgan fingerprint density at radius 2 is 1.80 bits per heavy atom. The molecule has 0 atom stereocenters. The largest absolute Gasteiger partial charge is 0.294 e. The van der Waals surface area contributed by atoms with Crippen LogP contribution in [0, 0.1) is 11.8 Å². The quantitative estimate of drug-likeness (QED) is 0.586. The van der Waals surface area contributed by atoms with Crippen LogP contribution in [0.2, 0.25) is 0 Å². The summed E-state index contributed by atoms with van der Waals surface area (Å²) in [4.78, 5) is 11.9. The number of fused-ring (bicyclic) bond motifs is 1. The minimum Gasteiger partial charge on any atom is -0.294 e. The SMILES string of the molecule is O=C1CCCC#CCCc2ccccc21. The Morgan fingerprint density at radius 1 is 1.00 bits per heavy atom. The Labute approximate surface area is 90.5 Å². The van der Waals surface area contributed by atoms with Crippen molar-refractivity contribution < 1.29 is 4.79 Å². The van der Waals surface area contributed by atoms with Gasteiger partial charge in [-0.25, -0.2) is 0 Å². The molecule has 0 spiro atoms. The molecule has 1 aromatic carbocycles. The van der Waals surface area contributed by atoms with E-state index in [1.54, 1.807) is 0 Å². The highest BCUT2D eigenvalue weighted by molar-refractivity contribution is 5.97. The fourth-order valence-electron chi connectivity index (χ4n) is 1.86. The molecule has 0 aromatic heterocycles. The molecule has 0 amide bonds. The molecule has 2 rings (SSSR count). The maximum absolute atomic E-state index is 11.9. The van der Waals surface area contributed by atoms with E-state index in [0.29, 0.717) is 6.42 Å². The first-order valence-corrected chi connectivity index (χ1v) is 5.45. The van der Waals surface area contributed by atoms with E-state index in [4.69, 9.17) is 0 Å². The molecule has 0 saturated carbocycles. The van der Waals surface area contributed by atoms with Crippen LogP contribution in [0.25, 0.3) is 0 Å². The molecule has 0 bridgehead atoms. The minimum atomic E-state index is 0.273. The van der Waals surface area contributed by atoms with Gasteiger partial charge in [0.25, 0.3) is 0 Å². The van der Waals surface area contributed by atoms with Gasteiger partial charge in [-0.3, -0.25) is 4.79 Å². The third kappa shape index (κ3) is 2.47. The van der Waals surface area contributed by atoms with Crippen molar-refractivity contribution in [1.82, 2.24) is 0 Å². The van der Waals surface area contributed by atoms with Crippen LogP contribution in [-0.4, -0.2) is 5.78 Å². The van der Waals surface area contributed by atoms with Gasteiger partial charge in [0.15, 0.2) is 5.78 Å². The molecule has 0 N–H and O–H groups in total. The summed E-state index contributed by atoms with van der Waals surface area (Å²) in [7, 11) is 0. The zero-order valence-corrected chi connectivity index (χ0v) is 8.75. The summed E-state index contributed by atoms with van der Waals surface area (Å²) in [6.45, 7) is 0. The smallest absolute Gasteiger partial charge is 0.163 e. The monoisotopic (exact) mass is 198 g/mol. The van der Waals surface area contributed by atoms with Gasteiger partial charge in [0.05, 0.1) is 0 Å². The summed E-state index contributed by atoms with van der Waals surface area (Å²) in [5.41, 5.74) is 2.06. The van der Waals surface area contributed by atoms with Crippen LogP contribution < -0.4 is 0 Å². The lowest BCUT2D eigenvalue weighted by Gasteiger charge is -2.07. The van der Waals surface area contributed by atoms with Crippen LogP contribution in [-0.2, 0) is 6.42 Å². The first-order chi connectivity index (χ1) is 7.38. The second kappa shape index (κ2) is 4.79. The number of carbonyl (C=O) groups excluding carboxylic acids is 1. The predicted octanol–water partition coefficient (Wildman–Crippen LogP) is 2.99. The van der Waals surface area contributed by atoms with E-state index in [1.807, 2.05) is 24.3 Å². The molecule has 0 saturated heterocycles. The predicted molar refractivity (Wildman–Crippen MR) is 60.7 cm³/mol. The van der Waals surface area contributed by atoms with Crippen LogP contribution >= 0.6 is 0 Å². The van der Waals surface area contributed by atoms with E-state index in [-0.39, 0.29) is 5.78 Å². The van der Waals surface area contributed by atoms with Gasteiger partial charge in [-0.1, -0.05) is 24.3 Å². The number of carbonyl (C=O) groups is 1. The van der Waals surface area contributed by atoms with Crippen molar-refractivity contribution in [2.75, 3.05) is 0 Å². The molecule has 1 heteroatoms. The average Bonchev–Trinajstić information content (AvgIpc) is 2.28. The summed E-state index contributed by atoms with van der Waals surface area (Å²) in [6.07, 6.45) is 4.14. The summed E-state index contributed by atoms with van der Waals surface area (Å²) in [5, 5.41) is 0. The van der Waals surface area contributed by atoms with Crippen molar-refractivity contribution in [3.8, 4) is 11.8 Å². The average molecular weight is 198 g/mol. The lowest BCUT2D eigenvalue weighted by Crippen LogP contribution is -2.04. The second-order valence-electron chi connectivity index (χ2n) is 3.79. The van der Waals surface area contributed by atoms with E-state index in [9.17, 15) is 4.79 Å². The molecule has 0 fully saturated rings. The van der Waals surface area contributed by atoms with E-state index in [2.05, 4.69) is 11.8 Å². The first-order valence-electron chi connectivity index (χ1n) is 5.45. The van der Waals surface area contributed by atoms with E-state index in [1.165, 1.54) is 0 Å². The first kappa shape index (κ1) is 9.98. The number of aryl methyl sites for hydroxylation is 1. The molecular weight excluding hydrogens is 184 g/mol. The van der Waals surface area contributed by atoms with Gasteiger partial charge < -0.3 is 0 Å².